The highest BCUT2D eigenvalue weighted by molar-refractivity contribution is 9.11. The number of aryl methyl sites for hydroxylation is 2. The van der Waals surface area contributed by atoms with Gasteiger partial charge in [-0.25, -0.2) is 13.8 Å². The number of halogens is 2. The van der Waals surface area contributed by atoms with E-state index in [-0.39, 0.29) is 26.3 Å². The Morgan fingerprint density at radius 1 is 0.723 bits per heavy atom. The van der Waals surface area contributed by atoms with Crippen molar-refractivity contribution in [3.05, 3.63) is 129 Å². The maximum atomic E-state index is 12.3. The second-order valence-electron chi connectivity index (χ2n) is 8.91. The van der Waals surface area contributed by atoms with Gasteiger partial charge in [-0.05, 0) is 93.2 Å². The third-order valence-corrected chi connectivity index (χ3v) is 7.26. The lowest BCUT2D eigenvalue weighted by atomic mass is 10.2. The summed E-state index contributed by atoms with van der Waals surface area (Å²) in [6.45, 7) is 12.0. The van der Waals surface area contributed by atoms with Gasteiger partial charge in [0.2, 0.25) is 0 Å². The third kappa shape index (κ3) is 12.0. The van der Waals surface area contributed by atoms with Crippen molar-refractivity contribution in [3.8, 4) is 0 Å². The van der Waals surface area contributed by atoms with Crippen LogP contribution in [0.3, 0.4) is 0 Å². The lowest BCUT2D eigenvalue weighted by molar-refractivity contribution is 0.0696. The predicted molar refractivity (Wildman–Crippen MR) is 204 cm³/mol. The molecule has 0 bridgehead atoms. The van der Waals surface area contributed by atoms with E-state index >= 15 is 0 Å². The van der Waals surface area contributed by atoms with E-state index < -0.39 is 5.97 Å². The van der Waals surface area contributed by atoms with Crippen LogP contribution in [0, 0.1) is 13.8 Å². The van der Waals surface area contributed by atoms with E-state index in [1.54, 1.807) is 46.0 Å². The minimum absolute atomic E-state index is 0. The Balaban J connectivity index is 0.000000679. The van der Waals surface area contributed by atoms with E-state index in [1.807, 2.05) is 96.1 Å². The number of pyridine rings is 2. The number of benzene rings is 2. The molecule has 2 aromatic carbocycles. The number of amides is 1. The molecule has 0 saturated carbocycles. The van der Waals surface area contributed by atoms with Crippen molar-refractivity contribution in [1.29, 1.82) is 0 Å². The molecule has 0 spiro atoms. The lowest BCUT2D eigenvalue weighted by Gasteiger charge is -2.08. The summed E-state index contributed by atoms with van der Waals surface area (Å²) < 4.78 is 4.98. The summed E-state index contributed by atoms with van der Waals surface area (Å²) in [5, 5.41) is 19.8. The molecule has 252 valence electrons. The van der Waals surface area contributed by atoms with E-state index in [0.717, 1.165) is 42.5 Å². The number of fused-ring (bicyclic) bond motifs is 2. The van der Waals surface area contributed by atoms with Crippen LogP contribution in [0.1, 0.15) is 74.4 Å². The van der Waals surface area contributed by atoms with Gasteiger partial charge in [-0.15, -0.1) is 0 Å². The van der Waals surface area contributed by atoms with Gasteiger partial charge >= 0.3 is 5.97 Å². The molecule has 0 aliphatic carbocycles. The molecule has 0 radical (unpaired) electrons. The van der Waals surface area contributed by atoms with Gasteiger partial charge in [0.1, 0.15) is 0 Å². The average molecular weight is 771 g/mol. The molecule has 1 amide bonds. The number of carbonyl (C=O) groups excluding carboxylic acids is 1. The number of rotatable bonds is 3. The highest BCUT2D eigenvalue weighted by Gasteiger charge is 2.10. The zero-order valence-corrected chi connectivity index (χ0v) is 29.3. The van der Waals surface area contributed by atoms with Crippen molar-refractivity contribution in [2.75, 3.05) is 11.1 Å². The van der Waals surface area contributed by atoms with Crippen LogP contribution in [0.4, 0.5) is 11.4 Å². The van der Waals surface area contributed by atoms with Crippen LogP contribution in [0.2, 0.25) is 0 Å². The third-order valence-electron chi connectivity index (χ3n) is 6.04. The van der Waals surface area contributed by atoms with Crippen molar-refractivity contribution >= 4 is 66.1 Å². The Kier molecular flexibility index (Phi) is 19.3. The smallest absolute Gasteiger partial charge is 0.335 e. The Morgan fingerprint density at radius 2 is 1.17 bits per heavy atom. The number of aromatic carboxylic acids is 1. The summed E-state index contributed by atoms with van der Waals surface area (Å²) in [7, 11) is 0. The topological polar surface area (TPSA) is 127 Å². The number of nitrogens with one attached hydrogen (secondary N) is 1. The molecule has 11 heteroatoms. The molecule has 0 fully saturated rings. The summed E-state index contributed by atoms with van der Waals surface area (Å²) in [6.07, 6.45) is 6.72. The first-order chi connectivity index (χ1) is 21.6. The quantitative estimate of drug-likeness (QED) is 0.154. The zero-order chi connectivity index (χ0) is 33.5. The highest BCUT2D eigenvalue weighted by atomic mass is 79.9. The Morgan fingerprint density at radius 3 is 1.62 bits per heavy atom. The number of carboxylic acid groups (broad SMARTS) is 1. The van der Waals surface area contributed by atoms with Crippen molar-refractivity contribution < 1.29 is 14.7 Å². The Hall–Kier alpha value is -4.48. The number of nitrogen functional groups attached to an aromatic ring is 1. The fourth-order valence-electron chi connectivity index (χ4n) is 3.67. The van der Waals surface area contributed by atoms with E-state index in [9.17, 15) is 9.59 Å². The number of aromatic nitrogens is 4. The van der Waals surface area contributed by atoms with E-state index in [4.69, 9.17) is 10.8 Å². The van der Waals surface area contributed by atoms with Crippen LogP contribution in [0.5, 0.6) is 0 Å². The van der Waals surface area contributed by atoms with E-state index in [2.05, 4.69) is 47.4 Å². The zero-order valence-electron chi connectivity index (χ0n) is 26.1. The first-order valence-electron chi connectivity index (χ1n) is 14.3. The van der Waals surface area contributed by atoms with Crippen molar-refractivity contribution in [1.82, 2.24) is 19.2 Å². The van der Waals surface area contributed by atoms with Crippen LogP contribution in [-0.4, -0.2) is 36.2 Å². The fraction of sp³-hybridized carbons (Fsp3) is 0.222. The van der Waals surface area contributed by atoms with Crippen LogP contribution < -0.4 is 11.1 Å². The maximum absolute atomic E-state index is 12.3. The minimum Gasteiger partial charge on any atom is -0.478 e. The van der Waals surface area contributed by atoms with Gasteiger partial charge < -0.3 is 16.2 Å². The molecule has 4 N–H and O–H groups in total. The van der Waals surface area contributed by atoms with Crippen LogP contribution in [-0.2, 0) is 0 Å². The van der Waals surface area contributed by atoms with Gasteiger partial charge in [-0.1, -0.05) is 78.9 Å². The van der Waals surface area contributed by atoms with E-state index in [0.29, 0.717) is 5.56 Å². The van der Waals surface area contributed by atoms with Crippen LogP contribution in [0.25, 0.3) is 11.0 Å². The van der Waals surface area contributed by atoms with Crippen LogP contribution >= 0.6 is 31.9 Å². The van der Waals surface area contributed by atoms with Gasteiger partial charge in [0.05, 0.1) is 37.9 Å². The number of carboxylic acids is 1. The summed E-state index contributed by atoms with van der Waals surface area (Å²) in [5.74, 6) is -1.06. The van der Waals surface area contributed by atoms with Crippen molar-refractivity contribution in [2.24, 2.45) is 0 Å². The molecule has 0 atom stereocenters. The first kappa shape index (κ1) is 42.5. The fourth-order valence-corrected chi connectivity index (χ4v) is 4.45. The molecular formula is C36H46Br2N6O3. The molecular weight excluding hydrogens is 724 g/mol. The number of hydrogen-bond acceptors (Lipinski definition) is 5. The minimum atomic E-state index is -0.935. The maximum Gasteiger partial charge on any atom is 0.335 e. The van der Waals surface area contributed by atoms with Gasteiger partial charge in [-0.2, -0.15) is 10.2 Å². The number of carbonyl (C=O) groups is 2. The molecule has 0 unspecified atom stereocenters. The van der Waals surface area contributed by atoms with Gasteiger partial charge in [-0.3, -0.25) is 4.79 Å². The van der Waals surface area contributed by atoms with E-state index in [1.165, 1.54) is 6.07 Å². The molecule has 6 rings (SSSR count). The standard InChI is InChI=1S/C15H12BrN3O.C8H5BrN2O2.C7H9N.2C2H6.2CH4/c1-10-4-2-3-5-13(10)18-15(20)11-6-7-19-14(8-11)12(16)9-17-19;9-6-4-10-11-2-1-5(8(12)13)3-7(6)11;1-6-4-2-3-5-7(6)8;2*1-2;;/h2-9H,1H3,(H,18,20);1-4H,(H,12,13);2-5H,8H2,1H3;2*1-2H3;2*1H4. The van der Waals surface area contributed by atoms with Gasteiger partial charge in [0, 0.05) is 29.3 Å². The van der Waals surface area contributed by atoms with Crippen LogP contribution in [0.15, 0.2) is 107 Å². The molecule has 4 heterocycles. The number of nitrogens with two attached hydrogens (primary N) is 1. The molecule has 6 aromatic rings. The number of anilines is 2. The summed E-state index contributed by atoms with van der Waals surface area (Å²) in [6, 6.07) is 22.1. The number of para-hydroxylation sites is 2. The second kappa shape index (κ2) is 21.3. The molecule has 9 nitrogen and oxygen atoms in total. The molecule has 0 saturated heterocycles. The normalized spacial score (nSPS) is 9.28. The van der Waals surface area contributed by atoms with Gasteiger partial charge in [0.25, 0.3) is 5.91 Å². The molecule has 4 aromatic heterocycles. The Bertz CT molecular complexity index is 1830. The van der Waals surface area contributed by atoms with Gasteiger partial charge in [0.15, 0.2) is 0 Å². The predicted octanol–water partition coefficient (Wildman–Crippen LogP) is 10.4. The lowest BCUT2D eigenvalue weighted by Crippen LogP contribution is -2.13. The summed E-state index contributed by atoms with van der Waals surface area (Å²) in [4.78, 5) is 22.9. The number of nitrogens with zero attached hydrogens (tertiary/aromatic N) is 4. The summed E-state index contributed by atoms with van der Waals surface area (Å²) in [5.41, 5.74) is 11.9. The molecule has 47 heavy (non-hydrogen) atoms. The molecule has 0 aliphatic heterocycles. The Labute approximate surface area is 295 Å². The largest absolute Gasteiger partial charge is 0.478 e. The first-order valence-corrected chi connectivity index (χ1v) is 15.9. The molecule has 0 aliphatic rings. The van der Waals surface area contributed by atoms with Crippen molar-refractivity contribution in [2.45, 2.75) is 56.4 Å². The SMILES string of the molecule is C.C.CC.CC.Cc1ccccc1N.Cc1ccccc1NC(=O)c1ccn2ncc(Br)c2c1.O=C(O)c1ccn2ncc(Br)c2c1. The monoisotopic (exact) mass is 768 g/mol. The summed E-state index contributed by atoms with van der Waals surface area (Å²) >= 11 is 6.69. The second-order valence-corrected chi connectivity index (χ2v) is 10.6. The number of hydrogen-bond donors (Lipinski definition) is 3. The van der Waals surface area contributed by atoms with Crippen molar-refractivity contribution in [3.63, 3.8) is 0 Å². The average Bonchev–Trinajstić information content (AvgIpc) is 3.63. The highest BCUT2D eigenvalue weighted by Crippen LogP contribution is 2.20.